The SMILES string of the molecule is Cc1cc(C(=O)c2sccc2C)oc1C. The van der Waals surface area contributed by atoms with Crippen LogP contribution in [0.3, 0.4) is 0 Å². The lowest BCUT2D eigenvalue weighted by Crippen LogP contribution is -1.98. The third-order valence-electron chi connectivity index (χ3n) is 2.46. The molecule has 2 aromatic rings. The van der Waals surface area contributed by atoms with E-state index in [0.717, 1.165) is 21.8 Å². The molecule has 0 aliphatic carbocycles. The average molecular weight is 220 g/mol. The van der Waals surface area contributed by atoms with Crippen LogP contribution in [0, 0.1) is 20.8 Å². The standard InChI is InChI=1S/C12H12O2S/c1-7-4-5-15-12(7)11(13)10-6-8(2)9(3)14-10/h4-6H,1-3H3. The highest BCUT2D eigenvalue weighted by atomic mass is 32.1. The van der Waals surface area contributed by atoms with Crippen LogP contribution in [0.1, 0.15) is 32.3 Å². The molecule has 78 valence electrons. The molecule has 0 radical (unpaired) electrons. The van der Waals surface area contributed by atoms with Crippen LogP contribution in [-0.2, 0) is 0 Å². The highest BCUT2D eigenvalue weighted by Gasteiger charge is 2.17. The minimum Gasteiger partial charge on any atom is -0.458 e. The van der Waals surface area contributed by atoms with Crippen LogP contribution >= 0.6 is 11.3 Å². The van der Waals surface area contributed by atoms with Crippen LogP contribution in [0.5, 0.6) is 0 Å². The van der Waals surface area contributed by atoms with Crippen molar-refractivity contribution in [3.8, 4) is 0 Å². The van der Waals surface area contributed by atoms with Gasteiger partial charge in [-0.25, -0.2) is 0 Å². The molecule has 0 amide bonds. The van der Waals surface area contributed by atoms with E-state index in [0.29, 0.717) is 5.76 Å². The largest absolute Gasteiger partial charge is 0.458 e. The van der Waals surface area contributed by atoms with Gasteiger partial charge in [0, 0.05) is 0 Å². The molecule has 0 aromatic carbocycles. The Kier molecular flexibility index (Phi) is 2.49. The zero-order valence-corrected chi connectivity index (χ0v) is 9.77. The number of thiophene rings is 1. The molecule has 3 heteroatoms. The van der Waals surface area contributed by atoms with Crippen molar-refractivity contribution in [1.82, 2.24) is 0 Å². The summed E-state index contributed by atoms with van der Waals surface area (Å²) in [7, 11) is 0. The molecule has 0 spiro atoms. The number of carbonyl (C=O) groups excluding carboxylic acids is 1. The van der Waals surface area contributed by atoms with E-state index in [4.69, 9.17) is 4.42 Å². The Morgan fingerprint density at radius 1 is 1.27 bits per heavy atom. The summed E-state index contributed by atoms with van der Waals surface area (Å²) < 4.78 is 5.41. The maximum atomic E-state index is 12.0. The molecule has 0 atom stereocenters. The number of hydrogen-bond donors (Lipinski definition) is 0. The Hall–Kier alpha value is -1.35. The predicted octanol–water partition coefficient (Wildman–Crippen LogP) is 3.50. The molecule has 0 fully saturated rings. The van der Waals surface area contributed by atoms with Crippen molar-refractivity contribution in [2.45, 2.75) is 20.8 Å². The Morgan fingerprint density at radius 3 is 2.47 bits per heavy atom. The first kappa shape index (κ1) is 10.2. The second kappa shape index (κ2) is 3.66. The highest BCUT2D eigenvalue weighted by molar-refractivity contribution is 7.12. The van der Waals surface area contributed by atoms with Crippen LogP contribution < -0.4 is 0 Å². The number of carbonyl (C=O) groups is 1. The van der Waals surface area contributed by atoms with Crippen molar-refractivity contribution in [3.63, 3.8) is 0 Å². The van der Waals surface area contributed by atoms with Crippen LogP contribution in [-0.4, -0.2) is 5.78 Å². The first-order valence-corrected chi connectivity index (χ1v) is 5.63. The molecule has 0 N–H and O–H groups in total. The summed E-state index contributed by atoms with van der Waals surface area (Å²) in [4.78, 5) is 12.8. The maximum absolute atomic E-state index is 12.0. The molecule has 0 bridgehead atoms. The first-order valence-electron chi connectivity index (χ1n) is 4.75. The van der Waals surface area contributed by atoms with E-state index in [1.807, 2.05) is 32.2 Å². The second-order valence-corrected chi connectivity index (χ2v) is 4.53. The quantitative estimate of drug-likeness (QED) is 0.725. The molecular formula is C12H12O2S. The molecule has 2 heterocycles. The van der Waals surface area contributed by atoms with Gasteiger partial charge in [-0.05, 0) is 49.4 Å². The fraction of sp³-hybridized carbons (Fsp3) is 0.250. The van der Waals surface area contributed by atoms with Gasteiger partial charge in [-0.3, -0.25) is 4.79 Å². The summed E-state index contributed by atoms with van der Waals surface area (Å²) in [5.74, 6) is 1.24. The van der Waals surface area contributed by atoms with Gasteiger partial charge in [0.2, 0.25) is 5.78 Å². The highest BCUT2D eigenvalue weighted by Crippen LogP contribution is 2.22. The maximum Gasteiger partial charge on any atom is 0.238 e. The van der Waals surface area contributed by atoms with Crippen molar-refractivity contribution in [3.05, 3.63) is 45.0 Å². The van der Waals surface area contributed by atoms with E-state index in [1.54, 1.807) is 6.07 Å². The van der Waals surface area contributed by atoms with E-state index >= 15 is 0 Å². The molecule has 0 aliphatic rings. The molecule has 0 aliphatic heterocycles. The summed E-state index contributed by atoms with van der Waals surface area (Å²) in [5.41, 5.74) is 2.03. The van der Waals surface area contributed by atoms with Crippen LogP contribution in [0.4, 0.5) is 0 Å². The van der Waals surface area contributed by atoms with E-state index in [2.05, 4.69) is 0 Å². The van der Waals surface area contributed by atoms with Gasteiger partial charge in [-0.2, -0.15) is 0 Å². The third-order valence-corrected chi connectivity index (χ3v) is 3.47. The first-order chi connectivity index (χ1) is 7.09. The molecule has 2 nitrogen and oxygen atoms in total. The normalized spacial score (nSPS) is 10.6. The molecule has 0 saturated carbocycles. The average Bonchev–Trinajstić information content (AvgIpc) is 2.74. The molecular weight excluding hydrogens is 208 g/mol. The van der Waals surface area contributed by atoms with Crippen LogP contribution in [0.25, 0.3) is 0 Å². The fourth-order valence-corrected chi connectivity index (χ4v) is 2.27. The summed E-state index contributed by atoms with van der Waals surface area (Å²) in [6.07, 6.45) is 0. The zero-order chi connectivity index (χ0) is 11.0. The summed E-state index contributed by atoms with van der Waals surface area (Å²) in [6, 6.07) is 3.75. The minimum absolute atomic E-state index is 0.0151. The number of ketones is 1. The van der Waals surface area contributed by atoms with Gasteiger partial charge >= 0.3 is 0 Å². The Labute approximate surface area is 92.5 Å². The molecule has 2 aromatic heterocycles. The van der Waals surface area contributed by atoms with Gasteiger partial charge in [0.25, 0.3) is 0 Å². The van der Waals surface area contributed by atoms with Gasteiger partial charge in [0.15, 0.2) is 5.76 Å². The summed E-state index contributed by atoms with van der Waals surface area (Å²) in [5, 5.41) is 1.92. The fourth-order valence-electron chi connectivity index (χ4n) is 1.40. The van der Waals surface area contributed by atoms with Gasteiger partial charge in [0.05, 0.1) is 4.88 Å². The van der Waals surface area contributed by atoms with E-state index in [9.17, 15) is 4.79 Å². The topological polar surface area (TPSA) is 30.2 Å². The lowest BCUT2D eigenvalue weighted by molar-refractivity contribution is 0.101. The number of hydrogen-bond acceptors (Lipinski definition) is 3. The minimum atomic E-state index is -0.0151. The van der Waals surface area contributed by atoms with Crippen LogP contribution in [0.2, 0.25) is 0 Å². The lowest BCUT2D eigenvalue weighted by Gasteiger charge is -1.94. The number of aryl methyl sites for hydroxylation is 3. The zero-order valence-electron chi connectivity index (χ0n) is 8.96. The second-order valence-electron chi connectivity index (χ2n) is 3.61. The van der Waals surface area contributed by atoms with Gasteiger partial charge in [-0.1, -0.05) is 0 Å². The smallest absolute Gasteiger partial charge is 0.238 e. The van der Waals surface area contributed by atoms with Crippen molar-refractivity contribution >= 4 is 17.1 Å². The molecule has 2 rings (SSSR count). The van der Waals surface area contributed by atoms with Crippen molar-refractivity contribution in [2.75, 3.05) is 0 Å². The van der Waals surface area contributed by atoms with E-state index < -0.39 is 0 Å². The van der Waals surface area contributed by atoms with Crippen molar-refractivity contribution in [2.24, 2.45) is 0 Å². The monoisotopic (exact) mass is 220 g/mol. The summed E-state index contributed by atoms with van der Waals surface area (Å²) in [6.45, 7) is 5.75. The van der Waals surface area contributed by atoms with Crippen molar-refractivity contribution in [1.29, 1.82) is 0 Å². The Balaban J connectivity index is 2.41. The van der Waals surface area contributed by atoms with Crippen molar-refractivity contribution < 1.29 is 9.21 Å². The van der Waals surface area contributed by atoms with Gasteiger partial charge in [-0.15, -0.1) is 11.3 Å². The van der Waals surface area contributed by atoms with E-state index in [1.165, 1.54) is 11.3 Å². The summed E-state index contributed by atoms with van der Waals surface area (Å²) >= 11 is 1.46. The molecule has 15 heavy (non-hydrogen) atoms. The number of furan rings is 1. The predicted molar refractivity (Wildman–Crippen MR) is 60.7 cm³/mol. The van der Waals surface area contributed by atoms with Gasteiger partial charge in [0.1, 0.15) is 5.76 Å². The van der Waals surface area contributed by atoms with E-state index in [-0.39, 0.29) is 5.78 Å². The number of rotatable bonds is 2. The lowest BCUT2D eigenvalue weighted by atomic mass is 10.2. The van der Waals surface area contributed by atoms with Gasteiger partial charge < -0.3 is 4.42 Å². The Morgan fingerprint density at radius 2 is 2.00 bits per heavy atom. The molecule has 0 saturated heterocycles. The Bertz CT molecular complexity index is 486. The molecule has 0 unspecified atom stereocenters. The third kappa shape index (κ3) is 1.75. The van der Waals surface area contributed by atoms with Crippen LogP contribution in [0.15, 0.2) is 21.9 Å².